The highest BCUT2D eigenvalue weighted by Crippen LogP contribution is 2.13. The van der Waals surface area contributed by atoms with E-state index in [9.17, 15) is 9.18 Å². The summed E-state index contributed by atoms with van der Waals surface area (Å²) in [6, 6.07) is 5.80. The molecule has 1 rings (SSSR count). The number of phenols is 1. The van der Waals surface area contributed by atoms with Crippen molar-refractivity contribution >= 4 is 12.0 Å². The Kier molecular flexibility index (Phi) is 3.85. The molecule has 0 aromatic heterocycles. The molecule has 3 nitrogen and oxygen atoms in total. The molecule has 0 atom stereocenters. The fourth-order valence-electron chi connectivity index (χ4n) is 0.976. The SMILES string of the molecule is CCOC(=O)/C(F)=C\c1ccc(O)cc1. The highest BCUT2D eigenvalue weighted by molar-refractivity contribution is 5.91. The third kappa shape index (κ3) is 3.42. The topological polar surface area (TPSA) is 46.5 Å². The predicted molar refractivity (Wildman–Crippen MR) is 53.8 cm³/mol. The molecule has 1 aromatic rings. The zero-order valence-electron chi connectivity index (χ0n) is 8.24. The molecular formula is C11H11FO3. The fourth-order valence-corrected chi connectivity index (χ4v) is 0.976. The minimum absolute atomic E-state index is 0.0868. The fraction of sp³-hybridized carbons (Fsp3) is 0.182. The maximum Gasteiger partial charge on any atom is 0.367 e. The molecular weight excluding hydrogens is 199 g/mol. The van der Waals surface area contributed by atoms with Crippen LogP contribution in [0, 0.1) is 0 Å². The van der Waals surface area contributed by atoms with Crippen LogP contribution in [-0.4, -0.2) is 17.7 Å². The van der Waals surface area contributed by atoms with Gasteiger partial charge in [0.25, 0.3) is 0 Å². The zero-order valence-corrected chi connectivity index (χ0v) is 8.24. The lowest BCUT2D eigenvalue weighted by molar-refractivity contribution is -0.140. The van der Waals surface area contributed by atoms with Crippen molar-refractivity contribution in [3.05, 3.63) is 35.7 Å². The van der Waals surface area contributed by atoms with E-state index in [-0.39, 0.29) is 12.4 Å². The Morgan fingerprint density at radius 3 is 2.60 bits per heavy atom. The van der Waals surface area contributed by atoms with Crippen LogP contribution in [0.3, 0.4) is 0 Å². The Hall–Kier alpha value is -1.84. The van der Waals surface area contributed by atoms with Crippen LogP contribution in [0.4, 0.5) is 4.39 Å². The van der Waals surface area contributed by atoms with Gasteiger partial charge in [0, 0.05) is 0 Å². The number of carbonyl (C=O) groups is 1. The lowest BCUT2D eigenvalue weighted by Crippen LogP contribution is -2.03. The van der Waals surface area contributed by atoms with Crippen molar-refractivity contribution in [2.24, 2.45) is 0 Å². The standard InChI is InChI=1S/C11H11FO3/c1-2-15-11(14)10(12)7-8-3-5-9(13)6-4-8/h3-7,13H,2H2,1H3/b10-7+. The summed E-state index contributed by atoms with van der Waals surface area (Å²) < 4.78 is 17.6. The van der Waals surface area contributed by atoms with Crippen molar-refractivity contribution in [1.29, 1.82) is 0 Å². The van der Waals surface area contributed by atoms with Gasteiger partial charge in [0.2, 0.25) is 5.83 Å². The Bertz CT molecular complexity index is 368. The smallest absolute Gasteiger partial charge is 0.367 e. The highest BCUT2D eigenvalue weighted by atomic mass is 19.1. The van der Waals surface area contributed by atoms with Crippen LogP contribution >= 0.6 is 0 Å². The number of benzene rings is 1. The predicted octanol–water partition coefficient (Wildman–Crippen LogP) is 2.27. The number of phenolic OH excluding ortho intramolecular Hbond substituents is 1. The number of rotatable bonds is 3. The van der Waals surface area contributed by atoms with Gasteiger partial charge in [-0.1, -0.05) is 12.1 Å². The van der Waals surface area contributed by atoms with Gasteiger partial charge in [0.1, 0.15) is 5.75 Å². The van der Waals surface area contributed by atoms with Crippen molar-refractivity contribution in [2.75, 3.05) is 6.61 Å². The number of hydrogen-bond acceptors (Lipinski definition) is 3. The molecule has 80 valence electrons. The van der Waals surface area contributed by atoms with Gasteiger partial charge in [0.15, 0.2) is 0 Å². The average molecular weight is 210 g/mol. The number of ether oxygens (including phenoxy) is 1. The summed E-state index contributed by atoms with van der Waals surface area (Å²) in [4.78, 5) is 10.9. The first-order valence-corrected chi connectivity index (χ1v) is 4.47. The van der Waals surface area contributed by atoms with Crippen LogP contribution in [-0.2, 0) is 9.53 Å². The summed E-state index contributed by atoms with van der Waals surface area (Å²) in [5.74, 6) is -1.85. The molecule has 1 aromatic carbocycles. The van der Waals surface area contributed by atoms with E-state index in [1.807, 2.05) is 0 Å². The van der Waals surface area contributed by atoms with E-state index in [0.717, 1.165) is 6.08 Å². The molecule has 15 heavy (non-hydrogen) atoms. The minimum atomic E-state index is -0.981. The second kappa shape index (κ2) is 5.14. The first-order valence-electron chi connectivity index (χ1n) is 4.47. The van der Waals surface area contributed by atoms with Gasteiger partial charge in [-0.05, 0) is 30.7 Å². The molecule has 1 N–H and O–H groups in total. The summed E-state index contributed by atoms with van der Waals surface area (Å²) >= 11 is 0. The molecule has 0 bridgehead atoms. The molecule has 0 saturated carbocycles. The van der Waals surface area contributed by atoms with Gasteiger partial charge in [-0.3, -0.25) is 0 Å². The van der Waals surface area contributed by atoms with Gasteiger partial charge in [-0.2, -0.15) is 4.39 Å². The number of halogens is 1. The van der Waals surface area contributed by atoms with E-state index in [1.165, 1.54) is 24.3 Å². The molecule has 0 unspecified atom stereocenters. The normalized spacial score (nSPS) is 11.2. The second-order valence-corrected chi connectivity index (χ2v) is 2.80. The number of esters is 1. The molecule has 0 fully saturated rings. The largest absolute Gasteiger partial charge is 0.508 e. The van der Waals surface area contributed by atoms with Crippen LogP contribution in [0.1, 0.15) is 12.5 Å². The Labute approximate surface area is 86.8 Å². The maximum absolute atomic E-state index is 13.1. The van der Waals surface area contributed by atoms with E-state index in [2.05, 4.69) is 4.74 Å². The third-order valence-electron chi connectivity index (χ3n) is 1.66. The van der Waals surface area contributed by atoms with Gasteiger partial charge < -0.3 is 9.84 Å². The summed E-state index contributed by atoms with van der Waals surface area (Å²) in [6.45, 7) is 1.74. The van der Waals surface area contributed by atoms with Crippen LogP contribution in [0.5, 0.6) is 5.75 Å². The first kappa shape index (κ1) is 11.2. The summed E-state index contributed by atoms with van der Waals surface area (Å²) in [6.07, 6.45) is 1.05. The van der Waals surface area contributed by atoms with Crippen molar-refractivity contribution in [3.63, 3.8) is 0 Å². The zero-order chi connectivity index (χ0) is 11.3. The summed E-state index contributed by atoms with van der Waals surface area (Å²) in [5, 5.41) is 8.98. The van der Waals surface area contributed by atoms with Gasteiger partial charge in [0.05, 0.1) is 6.61 Å². The molecule has 0 saturated heterocycles. The number of hydrogen-bond donors (Lipinski definition) is 1. The summed E-state index contributed by atoms with van der Waals surface area (Å²) in [5.41, 5.74) is 0.485. The molecule has 0 radical (unpaired) electrons. The Balaban J connectivity index is 2.78. The van der Waals surface area contributed by atoms with E-state index in [1.54, 1.807) is 6.92 Å². The van der Waals surface area contributed by atoms with Gasteiger partial charge >= 0.3 is 5.97 Å². The highest BCUT2D eigenvalue weighted by Gasteiger charge is 2.08. The maximum atomic E-state index is 13.1. The van der Waals surface area contributed by atoms with Gasteiger partial charge in [-0.15, -0.1) is 0 Å². The lowest BCUT2D eigenvalue weighted by atomic mass is 10.2. The van der Waals surface area contributed by atoms with Crippen LogP contribution in [0.2, 0.25) is 0 Å². The van der Waals surface area contributed by atoms with Crippen LogP contribution in [0.25, 0.3) is 6.08 Å². The van der Waals surface area contributed by atoms with Crippen LogP contribution < -0.4 is 0 Å². The Morgan fingerprint density at radius 1 is 1.47 bits per heavy atom. The van der Waals surface area contributed by atoms with E-state index < -0.39 is 11.8 Å². The van der Waals surface area contributed by atoms with Crippen molar-refractivity contribution < 1.29 is 19.0 Å². The van der Waals surface area contributed by atoms with Crippen LogP contribution in [0.15, 0.2) is 30.1 Å². The van der Waals surface area contributed by atoms with E-state index in [4.69, 9.17) is 5.11 Å². The number of aromatic hydroxyl groups is 1. The molecule has 0 aliphatic heterocycles. The minimum Gasteiger partial charge on any atom is -0.508 e. The van der Waals surface area contributed by atoms with E-state index in [0.29, 0.717) is 5.56 Å². The monoisotopic (exact) mass is 210 g/mol. The number of carbonyl (C=O) groups excluding carboxylic acids is 1. The molecule has 0 spiro atoms. The van der Waals surface area contributed by atoms with Crippen molar-refractivity contribution in [1.82, 2.24) is 0 Å². The van der Waals surface area contributed by atoms with Crippen molar-refractivity contribution in [3.8, 4) is 5.75 Å². The molecule has 4 heteroatoms. The van der Waals surface area contributed by atoms with Gasteiger partial charge in [-0.25, -0.2) is 4.79 Å². The Morgan fingerprint density at radius 2 is 2.07 bits per heavy atom. The lowest BCUT2D eigenvalue weighted by Gasteiger charge is -1.98. The molecule has 0 heterocycles. The average Bonchev–Trinajstić information content (AvgIpc) is 2.22. The molecule has 0 aliphatic carbocycles. The first-order chi connectivity index (χ1) is 7.13. The second-order valence-electron chi connectivity index (χ2n) is 2.80. The molecule has 0 amide bonds. The van der Waals surface area contributed by atoms with E-state index >= 15 is 0 Å². The molecule has 0 aliphatic rings. The third-order valence-corrected chi connectivity index (χ3v) is 1.66. The summed E-state index contributed by atoms with van der Waals surface area (Å²) in [7, 11) is 0. The van der Waals surface area contributed by atoms with Crippen molar-refractivity contribution in [2.45, 2.75) is 6.92 Å². The quantitative estimate of drug-likeness (QED) is 0.614.